The van der Waals surface area contributed by atoms with Gasteiger partial charge in [-0.05, 0) is 12.2 Å². The monoisotopic (exact) mass is 108 g/mol. The van der Waals surface area contributed by atoms with Gasteiger partial charge in [-0.3, -0.25) is 0 Å². The number of oxime groups is 1. The molecule has 0 spiro atoms. The van der Waals surface area contributed by atoms with Gasteiger partial charge in [0.1, 0.15) is 0 Å². The zero-order valence-corrected chi connectivity index (χ0v) is 4.33. The summed E-state index contributed by atoms with van der Waals surface area (Å²) < 4.78 is 0. The van der Waals surface area contributed by atoms with E-state index in [2.05, 4.69) is 11.2 Å². The van der Waals surface area contributed by atoms with E-state index in [1.54, 1.807) is 12.2 Å². The Bertz CT molecular complexity index is 156. The highest BCUT2D eigenvalue weighted by Crippen LogP contribution is 1.96. The third-order valence-electron chi connectivity index (χ3n) is 0.929. The highest BCUT2D eigenvalue weighted by atomic mass is 16.4. The van der Waals surface area contributed by atoms with E-state index < -0.39 is 0 Å². The lowest BCUT2D eigenvalue weighted by Crippen LogP contribution is -1.92. The summed E-state index contributed by atoms with van der Waals surface area (Å²) in [5.41, 5.74) is 0.684. The standard InChI is InChI=1S/C6H6NO/c8-7-6-4-2-1-3-5-6/h2-4,8H,5H2. The minimum absolute atomic E-state index is 0.684. The number of allylic oxidation sites excluding steroid dienone is 4. The van der Waals surface area contributed by atoms with Crippen molar-refractivity contribution in [2.75, 3.05) is 0 Å². The van der Waals surface area contributed by atoms with Crippen molar-refractivity contribution >= 4 is 5.71 Å². The molecule has 2 heteroatoms. The zero-order chi connectivity index (χ0) is 5.82. The van der Waals surface area contributed by atoms with Crippen molar-refractivity contribution in [3.8, 4) is 0 Å². The summed E-state index contributed by atoms with van der Waals surface area (Å²) in [5, 5.41) is 11.2. The molecule has 0 unspecified atom stereocenters. The van der Waals surface area contributed by atoms with Crippen LogP contribution in [0.4, 0.5) is 0 Å². The van der Waals surface area contributed by atoms with Crippen molar-refractivity contribution in [1.29, 1.82) is 0 Å². The highest BCUT2D eigenvalue weighted by Gasteiger charge is 1.92. The maximum Gasteiger partial charge on any atom is 0.0833 e. The van der Waals surface area contributed by atoms with Crippen LogP contribution in [0, 0.1) is 6.08 Å². The Morgan fingerprint density at radius 1 is 1.75 bits per heavy atom. The van der Waals surface area contributed by atoms with Crippen LogP contribution in [0.5, 0.6) is 0 Å². The number of nitrogens with zero attached hydrogens (tertiary/aromatic N) is 1. The molecule has 0 saturated heterocycles. The van der Waals surface area contributed by atoms with Crippen LogP contribution in [0.2, 0.25) is 0 Å². The largest absolute Gasteiger partial charge is 0.411 e. The van der Waals surface area contributed by atoms with E-state index in [1.165, 1.54) is 0 Å². The Kier molecular flexibility index (Phi) is 1.47. The first-order valence-electron chi connectivity index (χ1n) is 2.38. The lowest BCUT2D eigenvalue weighted by atomic mass is 10.2. The normalized spacial score (nSPS) is 22.2. The molecular weight excluding hydrogens is 102 g/mol. The average Bonchev–Trinajstić information content (AvgIpc) is 1.90. The van der Waals surface area contributed by atoms with E-state index in [0.717, 1.165) is 0 Å². The number of rotatable bonds is 0. The summed E-state index contributed by atoms with van der Waals surface area (Å²) in [7, 11) is 0. The van der Waals surface area contributed by atoms with Crippen LogP contribution in [0.3, 0.4) is 0 Å². The summed E-state index contributed by atoms with van der Waals surface area (Å²) in [6, 6.07) is 0. The molecule has 2 nitrogen and oxygen atoms in total. The fourth-order valence-corrected chi connectivity index (χ4v) is 0.518. The van der Waals surface area contributed by atoms with Gasteiger partial charge in [-0.15, -0.1) is 0 Å². The van der Waals surface area contributed by atoms with Gasteiger partial charge in [-0.1, -0.05) is 17.3 Å². The van der Waals surface area contributed by atoms with Crippen LogP contribution in [0.15, 0.2) is 23.4 Å². The van der Waals surface area contributed by atoms with E-state index in [4.69, 9.17) is 5.21 Å². The van der Waals surface area contributed by atoms with Gasteiger partial charge in [-0.2, -0.15) is 0 Å². The summed E-state index contributed by atoms with van der Waals surface area (Å²) in [5.74, 6) is 0. The summed E-state index contributed by atoms with van der Waals surface area (Å²) in [6.07, 6.45) is 8.80. The molecule has 1 aliphatic rings. The molecule has 0 saturated carbocycles. The van der Waals surface area contributed by atoms with E-state index in [1.807, 2.05) is 6.08 Å². The molecule has 0 bridgehead atoms. The Hall–Kier alpha value is -1.05. The number of hydrogen-bond acceptors (Lipinski definition) is 2. The molecule has 8 heavy (non-hydrogen) atoms. The van der Waals surface area contributed by atoms with Gasteiger partial charge in [0.15, 0.2) is 0 Å². The van der Waals surface area contributed by atoms with Crippen LogP contribution >= 0.6 is 0 Å². The van der Waals surface area contributed by atoms with Crippen molar-refractivity contribution < 1.29 is 5.21 Å². The molecule has 0 atom stereocenters. The molecule has 1 radical (unpaired) electrons. The number of hydrogen-bond donors (Lipinski definition) is 1. The van der Waals surface area contributed by atoms with Crippen LogP contribution < -0.4 is 0 Å². The summed E-state index contributed by atoms with van der Waals surface area (Å²) in [4.78, 5) is 0. The van der Waals surface area contributed by atoms with Crippen LogP contribution in [-0.2, 0) is 0 Å². The van der Waals surface area contributed by atoms with Crippen LogP contribution in [-0.4, -0.2) is 10.9 Å². The molecule has 0 fully saturated rings. The molecule has 1 rings (SSSR count). The maximum atomic E-state index is 8.18. The average molecular weight is 108 g/mol. The van der Waals surface area contributed by atoms with Gasteiger partial charge >= 0.3 is 0 Å². The smallest absolute Gasteiger partial charge is 0.0833 e. The van der Waals surface area contributed by atoms with Crippen molar-refractivity contribution in [1.82, 2.24) is 0 Å². The lowest BCUT2D eigenvalue weighted by molar-refractivity contribution is 0.318. The van der Waals surface area contributed by atoms with Crippen molar-refractivity contribution in [2.24, 2.45) is 5.16 Å². The summed E-state index contributed by atoms with van der Waals surface area (Å²) >= 11 is 0. The van der Waals surface area contributed by atoms with Crippen LogP contribution in [0.1, 0.15) is 6.42 Å². The molecule has 0 amide bonds. The second-order valence-corrected chi connectivity index (χ2v) is 1.50. The SMILES string of the molecule is ON=C1C=C[C]=CC1. The Labute approximate surface area is 47.8 Å². The maximum absolute atomic E-state index is 8.18. The summed E-state index contributed by atoms with van der Waals surface area (Å²) in [6.45, 7) is 0. The topological polar surface area (TPSA) is 32.6 Å². The van der Waals surface area contributed by atoms with Gasteiger partial charge in [0.2, 0.25) is 0 Å². The minimum atomic E-state index is 0.684. The second kappa shape index (κ2) is 2.31. The van der Waals surface area contributed by atoms with Gasteiger partial charge < -0.3 is 5.21 Å². The Morgan fingerprint density at radius 3 is 3.00 bits per heavy atom. The van der Waals surface area contributed by atoms with Gasteiger partial charge in [0.05, 0.1) is 5.71 Å². The molecule has 0 aliphatic heterocycles. The van der Waals surface area contributed by atoms with Gasteiger partial charge in [0, 0.05) is 6.42 Å². The fourth-order valence-electron chi connectivity index (χ4n) is 0.518. The minimum Gasteiger partial charge on any atom is -0.411 e. The zero-order valence-electron chi connectivity index (χ0n) is 4.33. The third kappa shape index (κ3) is 0.964. The predicted molar refractivity (Wildman–Crippen MR) is 30.8 cm³/mol. The molecular formula is C6H6NO. The van der Waals surface area contributed by atoms with E-state index in [-0.39, 0.29) is 0 Å². The lowest BCUT2D eigenvalue weighted by Gasteiger charge is -1.93. The van der Waals surface area contributed by atoms with Crippen molar-refractivity contribution in [3.63, 3.8) is 0 Å². The Morgan fingerprint density at radius 2 is 2.62 bits per heavy atom. The molecule has 41 valence electrons. The molecule has 0 heterocycles. The van der Waals surface area contributed by atoms with Gasteiger partial charge in [0.25, 0.3) is 0 Å². The molecule has 1 N–H and O–H groups in total. The molecule has 0 aromatic heterocycles. The predicted octanol–water partition coefficient (Wildman–Crippen LogP) is 1.14. The quantitative estimate of drug-likeness (QED) is 0.366. The first-order chi connectivity index (χ1) is 3.93. The molecule has 0 aromatic carbocycles. The fraction of sp³-hybridized carbons (Fsp3) is 0.167. The van der Waals surface area contributed by atoms with Crippen molar-refractivity contribution in [2.45, 2.75) is 6.42 Å². The van der Waals surface area contributed by atoms with E-state index in [0.29, 0.717) is 12.1 Å². The first-order valence-corrected chi connectivity index (χ1v) is 2.38. The Balaban J connectivity index is 2.66. The van der Waals surface area contributed by atoms with Crippen molar-refractivity contribution in [3.05, 3.63) is 24.3 Å². The molecule has 0 aromatic rings. The first kappa shape index (κ1) is 5.09. The third-order valence-corrected chi connectivity index (χ3v) is 0.929. The highest BCUT2D eigenvalue weighted by molar-refractivity contribution is 5.96. The van der Waals surface area contributed by atoms with Gasteiger partial charge in [-0.25, -0.2) is 0 Å². The van der Waals surface area contributed by atoms with E-state index in [9.17, 15) is 0 Å². The molecule has 1 aliphatic carbocycles. The van der Waals surface area contributed by atoms with Crippen LogP contribution in [0.25, 0.3) is 0 Å². The van der Waals surface area contributed by atoms with E-state index >= 15 is 0 Å². The second-order valence-electron chi connectivity index (χ2n) is 1.50.